The van der Waals surface area contributed by atoms with Gasteiger partial charge in [0.25, 0.3) is 0 Å². The van der Waals surface area contributed by atoms with E-state index in [9.17, 15) is 0 Å². The second-order valence-electron chi connectivity index (χ2n) is 4.64. The number of allylic oxidation sites excluding steroid dienone is 1. The van der Waals surface area contributed by atoms with Crippen molar-refractivity contribution >= 4 is 0 Å². The van der Waals surface area contributed by atoms with E-state index in [1.807, 2.05) is 0 Å². The van der Waals surface area contributed by atoms with Crippen molar-refractivity contribution in [3.63, 3.8) is 0 Å². The minimum absolute atomic E-state index is 0.738. The molecule has 2 aliphatic rings. The number of hydrogen-bond acceptors (Lipinski definition) is 1. The third kappa shape index (κ3) is 1.67. The Bertz CT molecular complexity index is 191. The van der Waals surface area contributed by atoms with Crippen LogP contribution in [0.3, 0.4) is 0 Å². The first-order chi connectivity index (χ1) is 6.37. The molecule has 0 saturated heterocycles. The molecule has 0 aromatic carbocycles. The number of hydrogen-bond donors (Lipinski definition) is 1. The van der Waals surface area contributed by atoms with Crippen molar-refractivity contribution in [1.82, 2.24) is 5.32 Å². The average molecular weight is 179 g/mol. The van der Waals surface area contributed by atoms with E-state index in [-0.39, 0.29) is 0 Å². The molecule has 0 aliphatic heterocycles. The molecule has 13 heavy (non-hydrogen) atoms. The van der Waals surface area contributed by atoms with E-state index in [1.165, 1.54) is 38.5 Å². The van der Waals surface area contributed by atoms with Crippen LogP contribution >= 0.6 is 0 Å². The molecule has 1 nitrogen and oxygen atoms in total. The maximum atomic E-state index is 3.69. The molecule has 2 saturated carbocycles. The van der Waals surface area contributed by atoms with Crippen molar-refractivity contribution in [2.24, 2.45) is 5.41 Å². The second-order valence-corrected chi connectivity index (χ2v) is 4.64. The molecule has 0 heterocycles. The summed E-state index contributed by atoms with van der Waals surface area (Å²) in [6.45, 7) is 3.17. The molecule has 2 fully saturated rings. The van der Waals surface area contributed by atoms with Crippen LogP contribution in [0.4, 0.5) is 0 Å². The highest BCUT2D eigenvalue weighted by atomic mass is 14.9. The van der Waals surface area contributed by atoms with Crippen molar-refractivity contribution in [1.29, 1.82) is 0 Å². The SMILES string of the molecule is C/C=C/CNC1CCCC12CCC2. The fraction of sp³-hybridized carbons (Fsp3) is 0.833. The fourth-order valence-corrected chi connectivity index (χ4v) is 3.01. The molecule has 1 unspecified atom stereocenters. The van der Waals surface area contributed by atoms with Crippen LogP contribution < -0.4 is 5.32 Å². The summed E-state index contributed by atoms with van der Waals surface area (Å²) in [5.74, 6) is 0. The lowest BCUT2D eigenvalue weighted by Gasteiger charge is -2.44. The zero-order valence-electron chi connectivity index (χ0n) is 8.68. The molecule has 1 heteroatoms. The maximum Gasteiger partial charge on any atom is 0.0137 e. The van der Waals surface area contributed by atoms with Gasteiger partial charge in [-0.25, -0.2) is 0 Å². The summed E-state index contributed by atoms with van der Waals surface area (Å²) in [7, 11) is 0. The lowest BCUT2D eigenvalue weighted by atomic mass is 9.65. The summed E-state index contributed by atoms with van der Waals surface area (Å²) in [5.41, 5.74) is 0.738. The van der Waals surface area contributed by atoms with Crippen molar-refractivity contribution in [2.75, 3.05) is 6.54 Å². The van der Waals surface area contributed by atoms with Gasteiger partial charge in [-0.15, -0.1) is 0 Å². The van der Waals surface area contributed by atoms with Crippen LogP contribution in [-0.4, -0.2) is 12.6 Å². The predicted molar refractivity (Wildman–Crippen MR) is 56.7 cm³/mol. The number of nitrogens with one attached hydrogen (secondary N) is 1. The third-order valence-electron chi connectivity index (χ3n) is 3.97. The van der Waals surface area contributed by atoms with Gasteiger partial charge in [0.2, 0.25) is 0 Å². The van der Waals surface area contributed by atoms with E-state index in [0.717, 1.165) is 18.0 Å². The van der Waals surface area contributed by atoms with Crippen LogP contribution in [0.15, 0.2) is 12.2 Å². The molecular formula is C12H21N. The van der Waals surface area contributed by atoms with Gasteiger partial charge in [-0.2, -0.15) is 0 Å². The fourth-order valence-electron chi connectivity index (χ4n) is 3.01. The van der Waals surface area contributed by atoms with Gasteiger partial charge in [0.15, 0.2) is 0 Å². The Labute approximate surface area is 81.6 Å². The molecule has 2 rings (SSSR count). The molecular weight excluding hydrogens is 158 g/mol. The second kappa shape index (κ2) is 3.83. The zero-order chi connectivity index (χ0) is 9.15. The first kappa shape index (κ1) is 9.26. The summed E-state index contributed by atoms with van der Waals surface area (Å²) in [4.78, 5) is 0. The lowest BCUT2D eigenvalue weighted by Crippen LogP contribution is -2.45. The Balaban J connectivity index is 1.83. The van der Waals surface area contributed by atoms with E-state index in [0.29, 0.717) is 0 Å². The van der Waals surface area contributed by atoms with E-state index < -0.39 is 0 Å². The lowest BCUT2D eigenvalue weighted by molar-refractivity contribution is 0.103. The topological polar surface area (TPSA) is 12.0 Å². The van der Waals surface area contributed by atoms with Gasteiger partial charge in [0, 0.05) is 12.6 Å². The van der Waals surface area contributed by atoms with E-state index in [4.69, 9.17) is 0 Å². The highest BCUT2D eigenvalue weighted by Crippen LogP contribution is 2.53. The van der Waals surface area contributed by atoms with Gasteiger partial charge in [-0.3, -0.25) is 0 Å². The van der Waals surface area contributed by atoms with Crippen LogP contribution in [-0.2, 0) is 0 Å². The molecule has 1 spiro atoms. The van der Waals surface area contributed by atoms with Gasteiger partial charge in [0.1, 0.15) is 0 Å². The summed E-state index contributed by atoms with van der Waals surface area (Å²) in [5, 5.41) is 3.69. The predicted octanol–water partition coefficient (Wildman–Crippen LogP) is 2.87. The molecule has 1 N–H and O–H groups in total. The van der Waals surface area contributed by atoms with E-state index in [1.54, 1.807) is 0 Å². The van der Waals surface area contributed by atoms with Gasteiger partial charge in [-0.1, -0.05) is 25.0 Å². The minimum Gasteiger partial charge on any atom is -0.310 e. The van der Waals surface area contributed by atoms with Crippen molar-refractivity contribution < 1.29 is 0 Å². The van der Waals surface area contributed by atoms with Crippen molar-refractivity contribution in [3.05, 3.63) is 12.2 Å². The molecule has 0 radical (unpaired) electrons. The van der Waals surface area contributed by atoms with Crippen LogP contribution in [0.2, 0.25) is 0 Å². The molecule has 0 amide bonds. The van der Waals surface area contributed by atoms with Gasteiger partial charge < -0.3 is 5.32 Å². The maximum absolute atomic E-state index is 3.69. The van der Waals surface area contributed by atoms with Gasteiger partial charge in [0.05, 0.1) is 0 Å². The minimum atomic E-state index is 0.738. The summed E-state index contributed by atoms with van der Waals surface area (Å²) in [6, 6.07) is 0.831. The molecule has 74 valence electrons. The first-order valence-electron chi connectivity index (χ1n) is 5.72. The zero-order valence-corrected chi connectivity index (χ0v) is 8.68. The molecule has 0 bridgehead atoms. The Hall–Kier alpha value is -0.300. The largest absolute Gasteiger partial charge is 0.310 e. The summed E-state index contributed by atoms with van der Waals surface area (Å²) in [6.07, 6.45) is 13.2. The molecule has 0 aromatic rings. The quantitative estimate of drug-likeness (QED) is 0.657. The first-order valence-corrected chi connectivity index (χ1v) is 5.72. The van der Waals surface area contributed by atoms with Crippen molar-refractivity contribution in [3.8, 4) is 0 Å². The highest BCUT2D eigenvalue weighted by Gasteiger charge is 2.46. The molecule has 2 aliphatic carbocycles. The molecule has 1 atom stereocenters. The van der Waals surface area contributed by atoms with Crippen LogP contribution in [0.25, 0.3) is 0 Å². The van der Waals surface area contributed by atoms with Crippen molar-refractivity contribution in [2.45, 2.75) is 51.5 Å². The number of rotatable bonds is 3. The monoisotopic (exact) mass is 179 g/mol. The average Bonchev–Trinajstić information content (AvgIpc) is 2.48. The van der Waals surface area contributed by atoms with E-state index in [2.05, 4.69) is 24.4 Å². The Morgan fingerprint density at radius 1 is 1.31 bits per heavy atom. The van der Waals surface area contributed by atoms with Gasteiger partial charge in [-0.05, 0) is 38.0 Å². The van der Waals surface area contributed by atoms with Crippen LogP contribution in [0.5, 0.6) is 0 Å². The highest BCUT2D eigenvalue weighted by molar-refractivity contribution is 5.02. The summed E-state index contributed by atoms with van der Waals surface area (Å²) < 4.78 is 0. The van der Waals surface area contributed by atoms with Gasteiger partial charge >= 0.3 is 0 Å². The normalized spacial score (nSPS) is 31.3. The summed E-state index contributed by atoms with van der Waals surface area (Å²) >= 11 is 0. The Kier molecular flexibility index (Phi) is 2.73. The Morgan fingerprint density at radius 2 is 2.08 bits per heavy atom. The standard InChI is InChI=1S/C12H21N/c1-2-3-10-13-11-6-4-7-12(11)8-5-9-12/h2-3,11,13H,4-10H2,1H3/b3-2+. The smallest absolute Gasteiger partial charge is 0.0137 e. The van der Waals surface area contributed by atoms with E-state index >= 15 is 0 Å². The van der Waals surface area contributed by atoms with Crippen LogP contribution in [0, 0.1) is 5.41 Å². The Morgan fingerprint density at radius 3 is 2.69 bits per heavy atom. The molecule has 0 aromatic heterocycles. The van der Waals surface area contributed by atoms with Crippen LogP contribution in [0.1, 0.15) is 45.4 Å². The third-order valence-corrected chi connectivity index (χ3v) is 3.97.